The van der Waals surface area contributed by atoms with Crippen LogP contribution < -0.4 is 11.3 Å². The van der Waals surface area contributed by atoms with E-state index in [1.165, 1.54) is 0 Å². The van der Waals surface area contributed by atoms with Crippen molar-refractivity contribution in [3.63, 3.8) is 0 Å². The number of rotatable bonds is 2. The zero-order valence-corrected chi connectivity index (χ0v) is 11.2. The average molecular weight is 237 g/mol. The van der Waals surface area contributed by atoms with Crippen molar-refractivity contribution in [1.29, 1.82) is 0 Å². The Kier molecular flexibility index (Phi) is 2.84. The largest absolute Gasteiger partial charge is 0.514 e. The molecule has 17 heavy (non-hydrogen) atoms. The van der Waals surface area contributed by atoms with Gasteiger partial charge in [0, 0.05) is 19.2 Å². The molecule has 1 fully saturated rings. The fraction of sp³-hybridized carbons (Fsp3) is 0.727. The Balaban J connectivity index is 2.35. The molecule has 1 aliphatic heterocycles. The van der Waals surface area contributed by atoms with Crippen LogP contribution in [0.15, 0.2) is 6.20 Å². The molecular weight excluding hydrogens is 217 g/mol. The molecule has 0 unspecified atom stereocenters. The first-order valence-electron chi connectivity index (χ1n) is 5.85. The standard InChI is InChI=1S/C11H20BN3O2/c1-10(2)11(3,4)17-12(16-10)9-8(6-13)7-14-15(9)5/h7H,6,13H2,1-5H3. The first-order chi connectivity index (χ1) is 7.78. The van der Waals surface area contributed by atoms with Gasteiger partial charge in [0.1, 0.15) is 0 Å². The first kappa shape index (κ1) is 12.6. The van der Waals surface area contributed by atoms with Crippen molar-refractivity contribution in [3.05, 3.63) is 11.8 Å². The van der Waals surface area contributed by atoms with E-state index in [0.717, 1.165) is 11.2 Å². The molecule has 0 aliphatic carbocycles. The zero-order valence-electron chi connectivity index (χ0n) is 11.2. The third-order valence-corrected chi connectivity index (χ3v) is 3.76. The van der Waals surface area contributed by atoms with Crippen LogP contribution in [-0.2, 0) is 22.9 Å². The lowest BCUT2D eigenvalue weighted by Gasteiger charge is -2.32. The van der Waals surface area contributed by atoms with Crippen LogP contribution in [0.1, 0.15) is 33.3 Å². The molecule has 0 amide bonds. The van der Waals surface area contributed by atoms with Crippen LogP contribution >= 0.6 is 0 Å². The van der Waals surface area contributed by atoms with Gasteiger partial charge in [0.15, 0.2) is 0 Å². The maximum Gasteiger partial charge on any atom is 0.514 e. The fourth-order valence-corrected chi connectivity index (χ4v) is 1.91. The Morgan fingerprint density at radius 1 is 1.29 bits per heavy atom. The quantitative estimate of drug-likeness (QED) is 0.745. The van der Waals surface area contributed by atoms with Gasteiger partial charge in [-0.25, -0.2) is 0 Å². The van der Waals surface area contributed by atoms with Crippen LogP contribution in [0.3, 0.4) is 0 Å². The van der Waals surface area contributed by atoms with Crippen molar-refractivity contribution < 1.29 is 9.31 Å². The number of nitrogens with two attached hydrogens (primary N) is 1. The van der Waals surface area contributed by atoms with Gasteiger partial charge in [0.05, 0.1) is 23.0 Å². The van der Waals surface area contributed by atoms with E-state index in [1.807, 2.05) is 34.7 Å². The summed E-state index contributed by atoms with van der Waals surface area (Å²) in [4.78, 5) is 0. The highest BCUT2D eigenvalue weighted by atomic mass is 16.7. The normalized spacial score (nSPS) is 22.1. The number of hydrogen-bond donors (Lipinski definition) is 1. The molecule has 94 valence electrons. The van der Waals surface area contributed by atoms with Gasteiger partial charge < -0.3 is 15.0 Å². The summed E-state index contributed by atoms with van der Waals surface area (Å²) >= 11 is 0. The minimum atomic E-state index is -0.397. The van der Waals surface area contributed by atoms with Gasteiger partial charge in [0.2, 0.25) is 0 Å². The second-order valence-electron chi connectivity index (χ2n) is 5.47. The van der Waals surface area contributed by atoms with Crippen LogP contribution in [0.5, 0.6) is 0 Å². The van der Waals surface area contributed by atoms with Crippen LogP contribution in [0, 0.1) is 0 Å². The Hall–Kier alpha value is -0.845. The predicted octanol–water partition coefficient (Wildman–Crippen LogP) is 0.178. The van der Waals surface area contributed by atoms with E-state index in [-0.39, 0.29) is 11.2 Å². The van der Waals surface area contributed by atoms with Crippen molar-refractivity contribution in [2.24, 2.45) is 12.8 Å². The van der Waals surface area contributed by atoms with Crippen LogP contribution in [0.2, 0.25) is 0 Å². The van der Waals surface area contributed by atoms with Crippen molar-refractivity contribution in [3.8, 4) is 0 Å². The summed E-state index contributed by atoms with van der Waals surface area (Å²) in [5, 5.41) is 4.20. The highest BCUT2D eigenvalue weighted by molar-refractivity contribution is 6.61. The van der Waals surface area contributed by atoms with E-state index >= 15 is 0 Å². The summed E-state index contributed by atoms with van der Waals surface area (Å²) in [6, 6.07) is 0. The molecule has 0 bridgehead atoms. The van der Waals surface area contributed by atoms with E-state index in [4.69, 9.17) is 15.0 Å². The molecule has 2 heterocycles. The van der Waals surface area contributed by atoms with Crippen molar-refractivity contribution in [2.45, 2.75) is 45.4 Å². The second-order valence-corrected chi connectivity index (χ2v) is 5.47. The Morgan fingerprint density at radius 2 is 1.82 bits per heavy atom. The minimum absolute atomic E-state index is 0.339. The molecule has 5 nitrogen and oxygen atoms in total. The van der Waals surface area contributed by atoms with E-state index in [0.29, 0.717) is 6.54 Å². The Morgan fingerprint density at radius 3 is 2.29 bits per heavy atom. The Labute approximate surface area is 102 Å². The highest BCUT2D eigenvalue weighted by Gasteiger charge is 2.53. The lowest BCUT2D eigenvalue weighted by Crippen LogP contribution is -2.41. The summed E-state index contributed by atoms with van der Waals surface area (Å²) in [5.74, 6) is 0. The first-order valence-corrected chi connectivity index (χ1v) is 5.85. The van der Waals surface area contributed by atoms with Gasteiger partial charge in [-0.3, -0.25) is 4.68 Å². The average Bonchev–Trinajstić information content (AvgIpc) is 2.65. The van der Waals surface area contributed by atoms with Crippen LogP contribution in [0.4, 0.5) is 0 Å². The lowest BCUT2D eigenvalue weighted by atomic mass is 9.81. The molecule has 0 radical (unpaired) electrons. The molecule has 1 aromatic rings. The molecule has 0 aromatic carbocycles. The third kappa shape index (κ3) is 1.90. The predicted molar refractivity (Wildman–Crippen MR) is 66.8 cm³/mol. The summed E-state index contributed by atoms with van der Waals surface area (Å²) in [6.45, 7) is 8.57. The number of aryl methyl sites for hydroxylation is 1. The smallest absolute Gasteiger partial charge is 0.398 e. The van der Waals surface area contributed by atoms with E-state index in [9.17, 15) is 0 Å². The summed E-state index contributed by atoms with van der Waals surface area (Å²) < 4.78 is 13.8. The van der Waals surface area contributed by atoms with E-state index < -0.39 is 7.12 Å². The third-order valence-electron chi connectivity index (χ3n) is 3.76. The van der Waals surface area contributed by atoms with Crippen LogP contribution in [-0.4, -0.2) is 28.1 Å². The van der Waals surface area contributed by atoms with Crippen LogP contribution in [0.25, 0.3) is 0 Å². The fourth-order valence-electron chi connectivity index (χ4n) is 1.91. The van der Waals surface area contributed by atoms with E-state index in [2.05, 4.69) is 5.10 Å². The molecule has 6 heteroatoms. The summed E-state index contributed by atoms with van der Waals surface area (Å²) in [6.07, 6.45) is 1.76. The molecule has 1 saturated heterocycles. The number of hydrogen-bond acceptors (Lipinski definition) is 4. The molecule has 2 rings (SSSR count). The van der Waals surface area contributed by atoms with Gasteiger partial charge >= 0.3 is 7.12 Å². The number of aromatic nitrogens is 2. The van der Waals surface area contributed by atoms with Gasteiger partial charge in [-0.15, -0.1) is 0 Å². The summed E-state index contributed by atoms with van der Waals surface area (Å²) in [5.41, 5.74) is 6.90. The second kappa shape index (κ2) is 3.83. The molecule has 2 N–H and O–H groups in total. The van der Waals surface area contributed by atoms with Crippen molar-refractivity contribution in [1.82, 2.24) is 9.78 Å². The van der Waals surface area contributed by atoms with Crippen molar-refractivity contribution in [2.75, 3.05) is 0 Å². The zero-order chi connectivity index (χ0) is 12.8. The molecule has 1 aliphatic rings. The molecule has 1 aromatic heterocycles. The molecular formula is C11H20BN3O2. The summed E-state index contributed by atoms with van der Waals surface area (Å²) in [7, 11) is 1.48. The Bertz CT molecular complexity index is 412. The molecule has 0 spiro atoms. The van der Waals surface area contributed by atoms with Gasteiger partial charge in [-0.05, 0) is 27.7 Å². The molecule has 0 saturated carbocycles. The SMILES string of the molecule is Cn1ncc(CN)c1B1OC(C)(C)C(C)(C)O1. The van der Waals surface area contributed by atoms with E-state index in [1.54, 1.807) is 10.9 Å². The van der Waals surface area contributed by atoms with Gasteiger partial charge in [-0.1, -0.05) is 0 Å². The molecule has 0 atom stereocenters. The lowest BCUT2D eigenvalue weighted by molar-refractivity contribution is 0.00578. The van der Waals surface area contributed by atoms with Crippen molar-refractivity contribution >= 4 is 12.7 Å². The topological polar surface area (TPSA) is 62.3 Å². The highest BCUT2D eigenvalue weighted by Crippen LogP contribution is 2.36. The van der Waals surface area contributed by atoms with Gasteiger partial charge in [0.25, 0.3) is 0 Å². The minimum Gasteiger partial charge on any atom is -0.398 e. The number of nitrogens with zero attached hydrogens (tertiary/aromatic N) is 2. The maximum absolute atomic E-state index is 5.99. The maximum atomic E-state index is 5.99. The monoisotopic (exact) mass is 237 g/mol. The van der Waals surface area contributed by atoms with Gasteiger partial charge in [-0.2, -0.15) is 5.10 Å².